The number of nitrogens with zero attached hydrogens (tertiary/aromatic N) is 1. The van der Waals surface area contributed by atoms with Crippen molar-refractivity contribution in [3.63, 3.8) is 0 Å². The molecule has 0 fully saturated rings. The standard InChI is InChI=1S/C12H16N2O4S/c1-18-11-6-5-9(8-10(11)14(16)17)13-12(15)4-3-7-19-2/h5-6,8H,3-4,7H2,1-2H3,(H,13,15). The number of carbonyl (C=O) groups is 1. The lowest BCUT2D eigenvalue weighted by Crippen LogP contribution is -2.11. The fraction of sp³-hybridized carbons (Fsp3) is 0.417. The van der Waals surface area contributed by atoms with Gasteiger partial charge in [-0.15, -0.1) is 0 Å². The summed E-state index contributed by atoms with van der Waals surface area (Å²) in [4.78, 5) is 21.9. The van der Waals surface area contributed by atoms with Gasteiger partial charge in [-0.3, -0.25) is 14.9 Å². The van der Waals surface area contributed by atoms with E-state index in [1.807, 2.05) is 6.26 Å². The van der Waals surface area contributed by atoms with Gasteiger partial charge in [-0.25, -0.2) is 0 Å². The Morgan fingerprint density at radius 1 is 1.53 bits per heavy atom. The van der Waals surface area contributed by atoms with E-state index in [0.29, 0.717) is 12.1 Å². The molecule has 0 radical (unpaired) electrons. The van der Waals surface area contributed by atoms with E-state index < -0.39 is 4.92 Å². The summed E-state index contributed by atoms with van der Waals surface area (Å²) in [5, 5.41) is 13.5. The highest BCUT2D eigenvalue weighted by Crippen LogP contribution is 2.29. The molecule has 1 aromatic carbocycles. The van der Waals surface area contributed by atoms with Gasteiger partial charge in [0, 0.05) is 18.2 Å². The van der Waals surface area contributed by atoms with Crippen LogP contribution in [0.5, 0.6) is 5.75 Å². The van der Waals surface area contributed by atoms with E-state index >= 15 is 0 Å². The predicted molar refractivity (Wildman–Crippen MR) is 75.9 cm³/mol. The number of thioether (sulfide) groups is 1. The molecule has 0 aromatic heterocycles. The van der Waals surface area contributed by atoms with E-state index in [1.165, 1.54) is 19.2 Å². The average Bonchev–Trinajstić information content (AvgIpc) is 2.39. The van der Waals surface area contributed by atoms with E-state index in [9.17, 15) is 14.9 Å². The summed E-state index contributed by atoms with van der Waals surface area (Å²) >= 11 is 1.68. The third-order valence-electron chi connectivity index (χ3n) is 2.41. The molecule has 0 saturated heterocycles. The first-order valence-corrected chi connectivity index (χ1v) is 7.09. The number of anilines is 1. The monoisotopic (exact) mass is 284 g/mol. The highest BCUT2D eigenvalue weighted by atomic mass is 32.2. The van der Waals surface area contributed by atoms with E-state index in [4.69, 9.17) is 4.74 Å². The number of carbonyl (C=O) groups excluding carboxylic acids is 1. The first-order chi connectivity index (χ1) is 9.08. The van der Waals surface area contributed by atoms with Gasteiger partial charge < -0.3 is 10.1 Å². The Hall–Kier alpha value is -1.76. The normalized spacial score (nSPS) is 10.0. The lowest BCUT2D eigenvalue weighted by Gasteiger charge is -2.07. The molecule has 0 aliphatic heterocycles. The number of nitro groups is 1. The van der Waals surface area contributed by atoms with Crippen LogP contribution in [-0.2, 0) is 4.79 Å². The lowest BCUT2D eigenvalue weighted by molar-refractivity contribution is -0.385. The van der Waals surface area contributed by atoms with Crippen LogP contribution in [0.3, 0.4) is 0 Å². The number of amides is 1. The molecule has 19 heavy (non-hydrogen) atoms. The molecule has 0 unspecified atom stereocenters. The second-order valence-corrected chi connectivity index (χ2v) is 4.77. The minimum Gasteiger partial charge on any atom is -0.490 e. The summed E-state index contributed by atoms with van der Waals surface area (Å²) in [6, 6.07) is 4.35. The van der Waals surface area contributed by atoms with Crippen LogP contribution < -0.4 is 10.1 Å². The number of methoxy groups -OCH3 is 1. The summed E-state index contributed by atoms with van der Waals surface area (Å²) in [6.45, 7) is 0. The molecule has 0 heterocycles. The third kappa shape index (κ3) is 4.78. The molecule has 7 heteroatoms. The molecule has 0 saturated carbocycles. The number of nitrogens with one attached hydrogen (secondary N) is 1. The quantitative estimate of drug-likeness (QED) is 0.473. The first kappa shape index (κ1) is 15.3. The number of benzene rings is 1. The Kier molecular flexibility index (Phi) is 6.14. The third-order valence-corrected chi connectivity index (χ3v) is 3.11. The Morgan fingerprint density at radius 3 is 2.84 bits per heavy atom. The van der Waals surface area contributed by atoms with Crippen LogP contribution >= 0.6 is 11.8 Å². The lowest BCUT2D eigenvalue weighted by atomic mass is 10.2. The van der Waals surface area contributed by atoms with Gasteiger partial charge in [0.15, 0.2) is 5.75 Å². The van der Waals surface area contributed by atoms with Gasteiger partial charge in [-0.2, -0.15) is 11.8 Å². The van der Waals surface area contributed by atoms with Crippen LogP contribution in [0.1, 0.15) is 12.8 Å². The Balaban J connectivity index is 2.71. The minimum absolute atomic E-state index is 0.145. The molecule has 1 rings (SSSR count). The fourth-order valence-electron chi connectivity index (χ4n) is 1.51. The molecule has 1 aromatic rings. The second-order valence-electron chi connectivity index (χ2n) is 3.79. The topological polar surface area (TPSA) is 81.5 Å². The van der Waals surface area contributed by atoms with Crippen molar-refractivity contribution in [3.8, 4) is 5.75 Å². The van der Waals surface area contributed by atoms with Crippen LogP contribution in [0.25, 0.3) is 0 Å². The molecule has 6 nitrogen and oxygen atoms in total. The van der Waals surface area contributed by atoms with Crippen molar-refractivity contribution in [1.82, 2.24) is 0 Å². The van der Waals surface area contributed by atoms with E-state index in [1.54, 1.807) is 17.8 Å². The summed E-state index contributed by atoms with van der Waals surface area (Å²) < 4.78 is 4.89. The van der Waals surface area contributed by atoms with Gasteiger partial charge in [0.25, 0.3) is 0 Å². The molecule has 1 amide bonds. The predicted octanol–water partition coefficient (Wildman–Crippen LogP) is 2.69. The van der Waals surface area contributed by atoms with Crippen LogP contribution in [-0.4, -0.2) is 29.9 Å². The van der Waals surface area contributed by atoms with Gasteiger partial charge in [0.05, 0.1) is 12.0 Å². The van der Waals surface area contributed by atoms with Crippen molar-refractivity contribution in [2.75, 3.05) is 24.4 Å². The zero-order valence-corrected chi connectivity index (χ0v) is 11.7. The number of hydrogen-bond acceptors (Lipinski definition) is 5. The van der Waals surface area contributed by atoms with Crippen molar-refractivity contribution in [1.29, 1.82) is 0 Å². The number of nitro benzene ring substituents is 1. The SMILES string of the molecule is COc1ccc(NC(=O)CCCSC)cc1[N+](=O)[O-]. The second kappa shape index (κ2) is 7.63. The van der Waals surface area contributed by atoms with E-state index in [2.05, 4.69) is 5.32 Å². The van der Waals surface area contributed by atoms with Gasteiger partial charge >= 0.3 is 5.69 Å². The van der Waals surface area contributed by atoms with Crippen molar-refractivity contribution >= 4 is 29.0 Å². The van der Waals surface area contributed by atoms with Crippen molar-refractivity contribution in [3.05, 3.63) is 28.3 Å². The average molecular weight is 284 g/mol. The highest BCUT2D eigenvalue weighted by Gasteiger charge is 2.15. The molecule has 0 aliphatic rings. The molecular weight excluding hydrogens is 268 g/mol. The maximum absolute atomic E-state index is 11.6. The summed E-state index contributed by atoms with van der Waals surface area (Å²) in [6.07, 6.45) is 3.16. The molecule has 1 N–H and O–H groups in total. The van der Waals surface area contributed by atoms with E-state index in [0.717, 1.165) is 12.2 Å². The zero-order chi connectivity index (χ0) is 14.3. The van der Waals surface area contributed by atoms with Crippen LogP contribution in [0.4, 0.5) is 11.4 Å². The Bertz CT molecular complexity index is 465. The van der Waals surface area contributed by atoms with Crippen molar-refractivity contribution in [2.24, 2.45) is 0 Å². The number of hydrogen-bond donors (Lipinski definition) is 1. The molecule has 0 atom stereocenters. The summed E-state index contributed by atoms with van der Waals surface area (Å²) in [5.74, 6) is 0.940. The summed E-state index contributed by atoms with van der Waals surface area (Å²) in [5.41, 5.74) is 0.242. The molecular formula is C12H16N2O4S. The smallest absolute Gasteiger partial charge is 0.312 e. The maximum atomic E-state index is 11.6. The van der Waals surface area contributed by atoms with Crippen LogP contribution in [0.15, 0.2) is 18.2 Å². The van der Waals surface area contributed by atoms with Gasteiger partial charge in [-0.05, 0) is 30.6 Å². The highest BCUT2D eigenvalue weighted by molar-refractivity contribution is 7.98. The van der Waals surface area contributed by atoms with Crippen molar-refractivity contribution < 1.29 is 14.5 Å². The Labute approximate surface area is 115 Å². The largest absolute Gasteiger partial charge is 0.490 e. The zero-order valence-electron chi connectivity index (χ0n) is 10.8. The molecule has 0 aliphatic carbocycles. The molecule has 0 spiro atoms. The first-order valence-electron chi connectivity index (χ1n) is 5.69. The van der Waals surface area contributed by atoms with E-state index in [-0.39, 0.29) is 17.3 Å². The number of rotatable bonds is 7. The molecule has 0 bridgehead atoms. The minimum atomic E-state index is -0.539. The number of ether oxygens (including phenoxy) is 1. The van der Waals surface area contributed by atoms with Gasteiger partial charge in [-0.1, -0.05) is 0 Å². The van der Waals surface area contributed by atoms with Gasteiger partial charge in [0.2, 0.25) is 5.91 Å². The maximum Gasteiger partial charge on any atom is 0.312 e. The molecule has 104 valence electrons. The summed E-state index contributed by atoms with van der Waals surface area (Å²) in [7, 11) is 1.36. The van der Waals surface area contributed by atoms with Crippen LogP contribution in [0.2, 0.25) is 0 Å². The fourth-order valence-corrected chi connectivity index (χ4v) is 1.94. The van der Waals surface area contributed by atoms with Crippen LogP contribution in [0, 0.1) is 10.1 Å². The Morgan fingerprint density at radius 2 is 2.26 bits per heavy atom. The van der Waals surface area contributed by atoms with Crippen molar-refractivity contribution in [2.45, 2.75) is 12.8 Å². The van der Waals surface area contributed by atoms with Gasteiger partial charge in [0.1, 0.15) is 0 Å².